The van der Waals surface area contributed by atoms with Crippen LogP contribution in [0.1, 0.15) is 43.4 Å². The van der Waals surface area contributed by atoms with E-state index in [2.05, 4.69) is 44.3 Å². The van der Waals surface area contributed by atoms with Crippen LogP contribution in [0.4, 0.5) is 0 Å². The summed E-state index contributed by atoms with van der Waals surface area (Å²) in [6.45, 7) is 7.92. The Kier molecular flexibility index (Phi) is 2.83. The molecule has 1 aromatic rings. The molecule has 1 heteroatoms. The van der Waals surface area contributed by atoms with Crippen molar-refractivity contribution < 1.29 is 0 Å². The van der Waals surface area contributed by atoms with E-state index < -0.39 is 0 Å². The third-order valence-electron chi connectivity index (χ3n) is 3.74. The molecule has 0 aliphatic carbocycles. The van der Waals surface area contributed by atoms with Gasteiger partial charge in [0.15, 0.2) is 0 Å². The fourth-order valence-electron chi connectivity index (χ4n) is 2.54. The molecule has 1 aliphatic heterocycles. The Labute approximate surface area is 92.9 Å². The van der Waals surface area contributed by atoms with Gasteiger partial charge in [0.1, 0.15) is 0 Å². The van der Waals surface area contributed by atoms with Crippen LogP contribution in [0.15, 0.2) is 18.2 Å². The second kappa shape index (κ2) is 3.97. The maximum atomic E-state index is 3.62. The zero-order valence-corrected chi connectivity index (χ0v) is 10.1. The van der Waals surface area contributed by atoms with Crippen LogP contribution < -0.4 is 5.32 Å². The summed E-state index contributed by atoms with van der Waals surface area (Å²) in [7, 11) is 0. The molecule has 1 atom stereocenters. The summed E-state index contributed by atoms with van der Waals surface area (Å²) in [6, 6.07) is 6.93. The van der Waals surface area contributed by atoms with Gasteiger partial charge in [-0.3, -0.25) is 0 Å². The smallest absolute Gasteiger partial charge is 0.0406 e. The van der Waals surface area contributed by atoms with Gasteiger partial charge in [0, 0.05) is 5.54 Å². The molecule has 15 heavy (non-hydrogen) atoms. The maximum absolute atomic E-state index is 3.62. The van der Waals surface area contributed by atoms with Crippen molar-refractivity contribution in [3.05, 3.63) is 34.9 Å². The number of rotatable bonds is 2. The van der Waals surface area contributed by atoms with Crippen molar-refractivity contribution in [2.45, 2.75) is 45.6 Å². The summed E-state index contributed by atoms with van der Waals surface area (Å²) in [4.78, 5) is 0. The van der Waals surface area contributed by atoms with Crippen LogP contribution >= 0.6 is 0 Å². The fraction of sp³-hybridized carbons (Fsp3) is 0.571. The summed E-state index contributed by atoms with van der Waals surface area (Å²) in [5, 5.41) is 3.62. The molecule has 0 saturated carbocycles. The zero-order chi connectivity index (χ0) is 10.9. The number of aryl methyl sites for hydroxylation is 2. The molecule has 82 valence electrons. The molecular weight excluding hydrogens is 182 g/mol. The van der Waals surface area contributed by atoms with Crippen molar-refractivity contribution in [3.8, 4) is 0 Å². The first-order chi connectivity index (χ1) is 7.15. The van der Waals surface area contributed by atoms with Gasteiger partial charge in [0.25, 0.3) is 0 Å². The van der Waals surface area contributed by atoms with E-state index in [9.17, 15) is 0 Å². The van der Waals surface area contributed by atoms with Crippen LogP contribution in [0.2, 0.25) is 0 Å². The van der Waals surface area contributed by atoms with Crippen molar-refractivity contribution in [1.82, 2.24) is 5.32 Å². The van der Waals surface area contributed by atoms with Gasteiger partial charge in [0.05, 0.1) is 0 Å². The van der Waals surface area contributed by atoms with Crippen LogP contribution in [0, 0.1) is 6.92 Å². The lowest BCUT2D eigenvalue weighted by Crippen LogP contribution is -2.33. The van der Waals surface area contributed by atoms with Crippen LogP contribution in [0.5, 0.6) is 0 Å². The molecule has 0 aromatic heterocycles. The molecule has 0 radical (unpaired) electrons. The van der Waals surface area contributed by atoms with Crippen LogP contribution in [0.25, 0.3) is 0 Å². The lowest BCUT2D eigenvalue weighted by atomic mass is 9.88. The predicted molar refractivity (Wildman–Crippen MR) is 65.1 cm³/mol. The topological polar surface area (TPSA) is 12.0 Å². The number of hydrogen-bond donors (Lipinski definition) is 1. The Morgan fingerprint density at radius 2 is 2.20 bits per heavy atom. The molecule has 1 nitrogen and oxygen atoms in total. The van der Waals surface area contributed by atoms with Gasteiger partial charge in [-0.05, 0) is 56.3 Å². The average Bonchev–Trinajstić information content (AvgIpc) is 2.67. The van der Waals surface area contributed by atoms with E-state index in [0.29, 0.717) is 0 Å². The van der Waals surface area contributed by atoms with Crippen molar-refractivity contribution >= 4 is 0 Å². The Morgan fingerprint density at radius 1 is 1.40 bits per heavy atom. The van der Waals surface area contributed by atoms with Gasteiger partial charge in [-0.25, -0.2) is 0 Å². The first kappa shape index (κ1) is 10.7. The lowest BCUT2D eigenvalue weighted by molar-refractivity contribution is 0.434. The number of nitrogens with one attached hydrogen (secondary N) is 1. The average molecular weight is 203 g/mol. The van der Waals surface area contributed by atoms with Gasteiger partial charge in [-0.15, -0.1) is 0 Å². The van der Waals surface area contributed by atoms with Crippen molar-refractivity contribution in [2.24, 2.45) is 0 Å². The van der Waals surface area contributed by atoms with Crippen molar-refractivity contribution in [2.75, 3.05) is 6.54 Å². The molecule has 2 rings (SSSR count). The molecule has 1 aromatic carbocycles. The molecule has 1 fully saturated rings. The van der Waals surface area contributed by atoms with E-state index in [-0.39, 0.29) is 5.54 Å². The minimum Gasteiger partial charge on any atom is -0.308 e. The zero-order valence-electron chi connectivity index (χ0n) is 10.1. The molecule has 1 saturated heterocycles. The van der Waals surface area contributed by atoms with Gasteiger partial charge < -0.3 is 5.32 Å². The Bertz CT molecular complexity index is 348. The Morgan fingerprint density at radius 3 is 2.80 bits per heavy atom. The first-order valence-electron chi connectivity index (χ1n) is 6.01. The summed E-state index contributed by atoms with van der Waals surface area (Å²) >= 11 is 0. The number of benzene rings is 1. The van der Waals surface area contributed by atoms with Crippen LogP contribution in [-0.4, -0.2) is 6.54 Å². The summed E-state index contributed by atoms with van der Waals surface area (Å²) in [5.74, 6) is 0. The first-order valence-corrected chi connectivity index (χ1v) is 6.01. The minimum absolute atomic E-state index is 0.220. The van der Waals surface area contributed by atoms with Crippen LogP contribution in [-0.2, 0) is 12.0 Å². The van der Waals surface area contributed by atoms with Gasteiger partial charge in [0.2, 0.25) is 0 Å². The second-order valence-electron chi connectivity index (χ2n) is 4.86. The lowest BCUT2D eigenvalue weighted by Gasteiger charge is -2.26. The molecule has 1 heterocycles. The van der Waals surface area contributed by atoms with E-state index in [1.807, 2.05) is 0 Å². The van der Waals surface area contributed by atoms with E-state index in [0.717, 1.165) is 13.0 Å². The van der Waals surface area contributed by atoms with E-state index >= 15 is 0 Å². The number of hydrogen-bond acceptors (Lipinski definition) is 1. The van der Waals surface area contributed by atoms with Crippen molar-refractivity contribution in [3.63, 3.8) is 0 Å². The van der Waals surface area contributed by atoms with Gasteiger partial charge in [-0.1, -0.05) is 25.1 Å². The molecule has 1 aliphatic rings. The SMILES string of the molecule is CCc1cc(C2(C)CCCN2)ccc1C. The van der Waals surface area contributed by atoms with Crippen molar-refractivity contribution in [1.29, 1.82) is 0 Å². The normalized spacial score (nSPS) is 25.8. The predicted octanol–water partition coefficient (Wildman–Crippen LogP) is 3.16. The van der Waals surface area contributed by atoms with E-state index in [4.69, 9.17) is 0 Å². The Balaban J connectivity index is 2.36. The standard InChI is InChI=1S/C14H21N/c1-4-12-10-13(7-6-11(12)2)14(3)8-5-9-15-14/h6-7,10,15H,4-5,8-9H2,1-3H3. The summed E-state index contributed by atoms with van der Waals surface area (Å²) < 4.78 is 0. The molecule has 0 amide bonds. The molecule has 1 unspecified atom stereocenters. The van der Waals surface area contributed by atoms with E-state index in [1.54, 1.807) is 0 Å². The summed E-state index contributed by atoms with van der Waals surface area (Å²) in [5.41, 5.74) is 4.59. The highest BCUT2D eigenvalue weighted by molar-refractivity contribution is 5.35. The highest BCUT2D eigenvalue weighted by atomic mass is 15.0. The highest BCUT2D eigenvalue weighted by Gasteiger charge is 2.29. The van der Waals surface area contributed by atoms with Crippen LogP contribution in [0.3, 0.4) is 0 Å². The monoisotopic (exact) mass is 203 g/mol. The third-order valence-corrected chi connectivity index (χ3v) is 3.74. The molecule has 0 spiro atoms. The second-order valence-corrected chi connectivity index (χ2v) is 4.86. The van der Waals surface area contributed by atoms with E-state index in [1.165, 1.54) is 29.5 Å². The third kappa shape index (κ3) is 1.93. The quantitative estimate of drug-likeness (QED) is 0.778. The molecular formula is C14H21N. The molecule has 1 N–H and O–H groups in total. The summed E-state index contributed by atoms with van der Waals surface area (Å²) in [6.07, 6.45) is 3.70. The fourth-order valence-corrected chi connectivity index (χ4v) is 2.54. The highest BCUT2D eigenvalue weighted by Crippen LogP contribution is 2.31. The Hall–Kier alpha value is -0.820. The maximum Gasteiger partial charge on any atom is 0.0406 e. The minimum atomic E-state index is 0.220. The van der Waals surface area contributed by atoms with Gasteiger partial charge >= 0.3 is 0 Å². The molecule has 0 bridgehead atoms. The van der Waals surface area contributed by atoms with Gasteiger partial charge in [-0.2, -0.15) is 0 Å². The largest absolute Gasteiger partial charge is 0.308 e.